The first kappa shape index (κ1) is 30.9. The lowest BCUT2D eigenvalue weighted by Crippen LogP contribution is -2.28. The maximum absolute atomic E-state index is 12.6. The van der Waals surface area contributed by atoms with Gasteiger partial charge in [-0.1, -0.05) is 37.8 Å². The normalized spacial score (nSPS) is 10.8. The van der Waals surface area contributed by atoms with Crippen molar-refractivity contribution >= 4 is 29.0 Å². The number of carbonyl (C=O) groups is 2. The number of pyridine rings is 2. The number of urea groups is 1. The number of ether oxygens (including phenoxy) is 1. The van der Waals surface area contributed by atoms with E-state index in [1.165, 1.54) is 0 Å². The Labute approximate surface area is 251 Å². The zero-order chi connectivity index (χ0) is 29.5. The molecule has 0 aliphatic rings. The van der Waals surface area contributed by atoms with E-state index in [0.717, 1.165) is 51.1 Å². The molecule has 0 saturated carbocycles. The molecule has 0 aliphatic heterocycles. The number of imidazole rings is 1. The number of aromatic amines is 1. The SMILES string of the molecule is C.CCNC(=O)Nc1nc2c(-c3cc(CN(C)C)ccn3)cc(-c3cncc(CC(=O)OCc4ccccc4)c3)cc2[nH]1. The number of nitrogens with one attached hydrogen (secondary N) is 3. The van der Waals surface area contributed by atoms with Crippen molar-refractivity contribution in [2.75, 3.05) is 26.0 Å². The van der Waals surface area contributed by atoms with Crippen LogP contribution >= 0.6 is 0 Å². The van der Waals surface area contributed by atoms with Crippen molar-refractivity contribution in [2.24, 2.45) is 0 Å². The predicted octanol–water partition coefficient (Wildman–Crippen LogP) is 5.81. The Morgan fingerprint density at radius 3 is 2.53 bits per heavy atom. The van der Waals surface area contributed by atoms with E-state index in [2.05, 4.69) is 35.5 Å². The summed E-state index contributed by atoms with van der Waals surface area (Å²) in [5.74, 6) is -0.00248. The van der Waals surface area contributed by atoms with E-state index in [1.54, 1.807) is 18.6 Å². The second-order valence-electron chi connectivity index (χ2n) is 10.2. The highest BCUT2D eigenvalue weighted by molar-refractivity contribution is 5.98. The molecule has 0 saturated heterocycles. The minimum absolute atomic E-state index is 0. The van der Waals surface area contributed by atoms with Gasteiger partial charge in [0.05, 0.1) is 23.1 Å². The summed E-state index contributed by atoms with van der Waals surface area (Å²) in [6.07, 6.45) is 5.31. The fourth-order valence-corrected chi connectivity index (χ4v) is 4.63. The molecular formula is C33H37N7O3. The van der Waals surface area contributed by atoms with Gasteiger partial charge in [0.25, 0.3) is 0 Å². The molecule has 0 aliphatic carbocycles. The first-order valence-electron chi connectivity index (χ1n) is 13.7. The molecule has 43 heavy (non-hydrogen) atoms. The number of carbonyl (C=O) groups excluding carboxylic acids is 2. The number of fused-ring (bicyclic) bond motifs is 1. The molecule has 10 heteroatoms. The summed E-state index contributed by atoms with van der Waals surface area (Å²) >= 11 is 0. The molecule has 0 unspecified atom stereocenters. The molecule has 10 nitrogen and oxygen atoms in total. The summed E-state index contributed by atoms with van der Waals surface area (Å²) < 4.78 is 5.47. The van der Waals surface area contributed by atoms with Gasteiger partial charge in [-0.05, 0) is 73.6 Å². The van der Waals surface area contributed by atoms with Gasteiger partial charge in [0.15, 0.2) is 0 Å². The van der Waals surface area contributed by atoms with Crippen LogP contribution in [0.25, 0.3) is 33.4 Å². The number of benzene rings is 2. The van der Waals surface area contributed by atoms with Gasteiger partial charge in [-0.15, -0.1) is 0 Å². The molecule has 2 amide bonds. The molecule has 5 aromatic rings. The van der Waals surface area contributed by atoms with Crippen molar-refractivity contribution in [3.63, 3.8) is 0 Å². The van der Waals surface area contributed by atoms with Crippen LogP contribution in [-0.2, 0) is 29.1 Å². The molecular weight excluding hydrogens is 542 g/mol. The molecule has 0 radical (unpaired) electrons. The minimum atomic E-state index is -0.347. The van der Waals surface area contributed by atoms with E-state index >= 15 is 0 Å². The third-order valence-electron chi connectivity index (χ3n) is 6.47. The summed E-state index contributed by atoms with van der Waals surface area (Å²) in [4.78, 5) is 43.8. The van der Waals surface area contributed by atoms with Crippen molar-refractivity contribution in [3.8, 4) is 22.4 Å². The molecule has 3 aromatic heterocycles. The third-order valence-corrected chi connectivity index (χ3v) is 6.47. The average molecular weight is 580 g/mol. The van der Waals surface area contributed by atoms with Crippen molar-refractivity contribution in [3.05, 3.63) is 95.9 Å². The number of anilines is 1. The smallest absolute Gasteiger partial charge is 0.321 e. The van der Waals surface area contributed by atoms with E-state index in [9.17, 15) is 9.59 Å². The quantitative estimate of drug-likeness (QED) is 0.178. The Morgan fingerprint density at radius 2 is 1.77 bits per heavy atom. The molecule has 0 spiro atoms. The molecule has 0 atom stereocenters. The van der Waals surface area contributed by atoms with Crippen LogP contribution in [0.3, 0.4) is 0 Å². The first-order chi connectivity index (χ1) is 20.4. The highest BCUT2D eigenvalue weighted by atomic mass is 16.5. The predicted molar refractivity (Wildman–Crippen MR) is 169 cm³/mol. The number of nitrogens with zero attached hydrogens (tertiary/aromatic N) is 4. The number of amides is 2. The summed E-state index contributed by atoms with van der Waals surface area (Å²) in [6.45, 7) is 3.32. The maximum Gasteiger partial charge on any atom is 0.321 e. The van der Waals surface area contributed by atoms with Crippen LogP contribution in [0.5, 0.6) is 0 Å². The van der Waals surface area contributed by atoms with Gasteiger partial charge in [-0.2, -0.15) is 0 Å². The summed E-state index contributed by atoms with van der Waals surface area (Å²) in [5, 5.41) is 5.47. The van der Waals surface area contributed by atoms with E-state index in [0.29, 0.717) is 18.0 Å². The zero-order valence-electron chi connectivity index (χ0n) is 23.8. The first-order valence-corrected chi connectivity index (χ1v) is 13.7. The molecule has 3 N–H and O–H groups in total. The van der Waals surface area contributed by atoms with Gasteiger partial charge < -0.3 is 19.9 Å². The standard InChI is InChI=1S/C32H33N7O3.CH4/c1-4-34-32(41)38-31-36-28-16-24(15-26(30(28)37-31)27-13-22(10-11-35-27)19-39(2)3)25-12-23(17-33-18-25)14-29(40)42-20-21-8-6-5-7-9-21;/h5-13,15-18H,4,14,19-20H2,1-3H3,(H3,34,36,37,38,41);1H4. The van der Waals surface area contributed by atoms with Crippen LogP contribution in [0, 0.1) is 0 Å². The summed E-state index contributed by atoms with van der Waals surface area (Å²) in [7, 11) is 4.03. The Morgan fingerprint density at radius 1 is 0.953 bits per heavy atom. The number of hydrogen-bond acceptors (Lipinski definition) is 7. The van der Waals surface area contributed by atoms with Crippen molar-refractivity contribution < 1.29 is 14.3 Å². The third kappa shape index (κ3) is 8.02. The Hall–Kier alpha value is -5.09. The Balaban J connectivity index is 0.00000423. The number of H-pyrrole nitrogens is 1. The highest BCUT2D eigenvalue weighted by Gasteiger charge is 2.16. The van der Waals surface area contributed by atoms with Gasteiger partial charge in [-0.3, -0.25) is 20.1 Å². The molecule has 5 rings (SSSR count). The molecule has 3 heterocycles. The number of aromatic nitrogens is 4. The van der Waals surface area contributed by atoms with Crippen LogP contribution in [-0.4, -0.2) is 57.5 Å². The monoisotopic (exact) mass is 579 g/mol. The number of rotatable bonds is 10. The van der Waals surface area contributed by atoms with E-state index in [4.69, 9.17) is 4.74 Å². The molecule has 0 bridgehead atoms. The topological polar surface area (TPSA) is 125 Å². The van der Waals surface area contributed by atoms with Gasteiger partial charge in [0, 0.05) is 42.8 Å². The summed E-state index contributed by atoms with van der Waals surface area (Å²) in [5.41, 5.74) is 7.42. The lowest BCUT2D eigenvalue weighted by Gasteiger charge is -2.12. The largest absolute Gasteiger partial charge is 0.461 e. The van der Waals surface area contributed by atoms with Crippen LogP contribution in [0.1, 0.15) is 31.0 Å². The van der Waals surface area contributed by atoms with Gasteiger partial charge >= 0.3 is 12.0 Å². The minimum Gasteiger partial charge on any atom is -0.461 e. The van der Waals surface area contributed by atoms with Crippen LogP contribution < -0.4 is 10.6 Å². The molecule has 0 fully saturated rings. The second-order valence-corrected chi connectivity index (χ2v) is 10.2. The lowest BCUT2D eigenvalue weighted by atomic mass is 9.99. The fourth-order valence-electron chi connectivity index (χ4n) is 4.63. The van der Waals surface area contributed by atoms with E-state index < -0.39 is 0 Å². The summed E-state index contributed by atoms with van der Waals surface area (Å²) in [6, 6.07) is 19.2. The van der Waals surface area contributed by atoms with Crippen molar-refractivity contribution in [1.29, 1.82) is 0 Å². The highest BCUT2D eigenvalue weighted by Crippen LogP contribution is 2.33. The van der Waals surface area contributed by atoms with Gasteiger partial charge in [-0.25, -0.2) is 9.78 Å². The fraction of sp³-hybridized carbons (Fsp3) is 0.242. The number of esters is 1. The van der Waals surface area contributed by atoms with Gasteiger partial charge in [0.1, 0.15) is 6.61 Å². The molecule has 222 valence electrons. The average Bonchev–Trinajstić information content (AvgIpc) is 3.38. The lowest BCUT2D eigenvalue weighted by molar-refractivity contribution is -0.144. The zero-order valence-corrected chi connectivity index (χ0v) is 23.8. The van der Waals surface area contributed by atoms with Crippen LogP contribution in [0.2, 0.25) is 0 Å². The Bertz CT molecular complexity index is 1700. The van der Waals surface area contributed by atoms with E-state index in [-0.39, 0.29) is 32.5 Å². The van der Waals surface area contributed by atoms with Crippen molar-refractivity contribution in [1.82, 2.24) is 30.2 Å². The Kier molecular flexibility index (Phi) is 10.2. The van der Waals surface area contributed by atoms with Crippen LogP contribution in [0.4, 0.5) is 10.7 Å². The van der Waals surface area contributed by atoms with E-state index in [1.807, 2.05) is 81.7 Å². The maximum atomic E-state index is 12.6. The molecule has 2 aromatic carbocycles. The number of hydrogen-bond donors (Lipinski definition) is 3. The second kappa shape index (κ2) is 14.2. The van der Waals surface area contributed by atoms with Crippen LogP contribution in [0.15, 0.2) is 79.3 Å². The van der Waals surface area contributed by atoms with Crippen molar-refractivity contribution in [2.45, 2.75) is 33.9 Å². The van der Waals surface area contributed by atoms with Gasteiger partial charge in [0.2, 0.25) is 5.95 Å².